The van der Waals surface area contributed by atoms with Gasteiger partial charge < -0.3 is 4.90 Å². The van der Waals surface area contributed by atoms with Gasteiger partial charge in [0.1, 0.15) is 0 Å². The predicted octanol–water partition coefficient (Wildman–Crippen LogP) is 3.17. The summed E-state index contributed by atoms with van der Waals surface area (Å²) >= 11 is 0. The summed E-state index contributed by atoms with van der Waals surface area (Å²) in [5.41, 5.74) is 2.10. The van der Waals surface area contributed by atoms with Crippen molar-refractivity contribution in [2.75, 3.05) is 11.4 Å². The van der Waals surface area contributed by atoms with E-state index in [1.807, 2.05) is 24.3 Å². The molecule has 0 bridgehead atoms. The SMILES string of the molecule is O=C(c1ccc(F)c(F)c1)N1CCc2ccccc21. The van der Waals surface area contributed by atoms with E-state index in [9.17, 15) is 13.6 Å². The van der Waals surface area contributed by atoms with Gasteiger partial charge in [-0.1, -0.05) is 18.2 Å². The van der Waals surface area contributed by atoms with Gasteiger partial charge in [-0.25, -0.2) is 8.78 Å². The first-order valence-corrected chi connectivity index (χ1v) is 6.01. The second kappa shape index (κ2) is 4.46. The second-order valence-electron chi connectivity index (χ2n) is 4.46. The Balaban J connectivity index is 1.95. The molecule has 0 saturated heterocycles. The van der Waals surface area contributed by atoms with Crippen molar-refractivity contribution < 1.29 is 13.6 Å². The van der Waals surface area contributed by atoms with E-state index in [-0.39, 0.29) is 11.5 Å². The van der Waals surface area contributed by atoms with E-state index < -0.39 is 11.6 Å². The average molecular weight is 259 g/mol. The van der Waals surface area contributed by atoms with Crippen molar-refractivity contribution in [2.24, 2.45) is 0 Å². The standard InChI is InChI=1S/C15H11F2NO/c16-12-6-5-11(9-13(12)17)15(19)18-8-7-10-3-1-2-4-14(10)18/h1-6,9H,7-8H2. The molecule has 3 rings (SSSR count). The molecular weight excluding hydrogens is 248 g/mol. The number of hydrogen-bond donors (Lipinski definition) is 0. The van der Waals surface area contributed by atoms with Crippen LogP contribution in [0.2, 0.25) is 0 Å². The van der Waals surface area contributed by atoms with Gasteiger partial charge in [-0.05, 0) is 36.2 Å². The number of fused-ring (bicyclic) bond motifs is 1. The highest BCUT2D eigenvalue weighted by atomic mass is 19.2. The number of carbonyl (C=O) groups excluding carboxylic acids is 1. The summed E-state index contributed by atoms with van der Waals surface area (Å²) in [5, 5.41) is 0. The molecule has 4 heteroatoms. The van der Waals surface area contributed by atoms with Crippen LogP contribution in [0.25, 0.3) is 0 Å². The number of hydrogen-bond acceptors (Lipinski definition) is 1. The molecule has 2 aromatic carbocycles. The monoisotopic (exact) mass is 259 g/mol. The van der Waals surface area contributed by atoms with Crippen molar-refractivity contribution in [1.29, 1.82) is 0 Å². The molecule has 0 aliphatic carbocycles. The third-order valence-corrected chi connectivity index (χ3v) is 3.30. The Morgan fingerprint density at radius 3 is 2.63 bits per heavy atom. The lowest BCUT2D eigenvalue weighted by molar-refractivity contribution is 0.0989. The maximum Gasteiger partial charge on any atom is 0.258 e. The number of carbonyl (C=O) groups is 1. The van der Waals surface area contributed by atoms with Gasteiger partial charge in [0.2, 0.25) is 0 Å². The molecule has 1 heterocycles. The zero-order valence-electron chi connectivity index (χ0n) is 10.1. The third-order valence-electron chi connectivity index (χ3n) is 3.30. The number of benzene rings is 2. The minimum absolute atomic E-state index is 0.163. The first-order valence-electron chi connectivity index (χ1n) is 6.01. The Hall–Kier alpha value is -2.23. The van der Waals surface area contributed by atoms with Gasteiger partial charge in [-0.2, -0.15) is 0 Å². The summed E-state index contributed by atoms with van der Waals surface area (Å²) < 4.78 is 26.1. The summed E-state index contributed by atoms with van der Waals surface area (Å²) in [6, 6.07) is 10.8. The fourth-order valence-electron chi connectivity index (χ4n) is 2.33. The molecule has 0 atom stereocenters. The van der Waals surface area contributed by atoms with Crippen LogP contribution in [0.5, 0.6) is 0 Å². The molecule has 19 heavy (non-hydrogen) atoms. The Labute approximate surface area is 109 Å². The van der Waals surface area contributed by atoms with Crippen LogP contribution < -0.4 is 4.90 Å². The fourth-order valence-corrected chi connectivity index (χ4v) is 2.33. The highest BCUT2D eigenvalue weighted by molar-refractivity contribution is 6.07. The van der Waals surface area contributed by atoms with Gasteiger partial charge in [0.05, 0.1) is 0 Å². The van der Waals surface area contributed by atoms with Crippen molar-refractivity contribution in [1.82, 2.24) is 0 Å². The molecule has 0 aromatic heterocycles. The summed E-state index contributed by atoms with van der Waals surface area (Å²) in [7, 11) is 0. The summed E-state index contributed by atoms with van der Waals surface area (Å²) in [5.74, 6) is -2.25. The molecule has 96 valence electrons. The molecule has 2 nitrogen and oxygen atoms in total. The van der Waals surface area contributed by atoms with E-state index in [1.54, 1.807) is 4.90 Å². The Kier molecular flexibility index (Phi) is 2.78. The number of para-hydroxylation sites is 1. The maximum atomic E-state index is 13.2. The van der Waals surface area contributed by atoms with Gasteiger partial charge in [0.25, 0.3) is 5.91 Å². The van der Waals surface area contributed by atoms with Crippen LogP contribution in [0, 0.1) is 11.6 Å². The Bertz CT molecular complexity index is 654. The summed E-state index contributed by atoms with van der Waals surface area (Å²) in [4.78, 5) is 13.9. The maximum absolute atomic E-state index is 13.2. The Morgan fingerprint density at radius 2 is 1.84 bits per heavy atom. The molecular formula is C15H11F2NO. The number of rotatable bonds is 1. The van der Waals surface area contributed by atoms with Gasteiger partial charge in [-0.3, -0.25) is 4.79 Å². The molecule has 1 aliphatic rings. The van der Waals surface area contributed by atoms with Crippen LogP contribution in [0.15, 0.2) is 42.5 Å². The molecule has 0 unspecified atom stereocenters. The van der Waals surface area contributed by atoms with Gasteiger partial charge >= 0.3 is 0 Å². The lowest BCUT2D eigenvalue weighted by atomic mass is 10.1. The minimum Gasteiger partial charge on any atom is -0.308 e. The van der Waals surface area contributed by atoms with Crippen LogP contribution in [-0.4, -0.2) is 12.5 Å². The van der Waals surface area contributed by atoms with Gasteiger partial charge in [0.15, 0.2) is 11.6 Å². The minimum atomic E-state index is -1.00. The lowest BCUT2D eigenvalue weighted by Gasteiger charge is -2.17. The van der Waals surface area contributed by atoms with E-state index in [0.717, 1.165) is 29.8 Å². The number of nitrogens with zero attached hydrogens (tertiary/aromatic N) is 1. The summed E-state index contributed by atoms with van der Waals surface area (Å²) in [6.45, 7) is 0.567. The Morgan fingerprint density at radius 1 is 1.05 bits per heavy atom. The molecule has 0 radical (unpaired) electrons. The number of amides is 1. The number of halogens is 2. The van der Waals surface area contributed by atoms with Crippen molar-refractivity contribution in [2.45, 2.75) is 6.42 Å². The lowest BCUT2D eigenvalue weighted by Crippen LogP contribution is -2.28. The molecule has 1 amide bonds. The molecule has 0 fully saturated rings. The van der Waals surface area contributed by atoms with E-state index in [1.165, 1.54) is 6.07 Å². The van der Waals surface area contributed by atoms with Crippen LogP contribution in [0.3, 0.4) is 0 Å². The fraction of sp³-hybridized carbons (Fsp3) is 0.133. The normalized spacial score (nSPS) is 13.5. The zero-order chi connectivity index (χ0) is 13.4. The first-order chi connectivity index (χ1) is 9.16. The van der Waals surface area contributed by atoms with Crippen molar-refractivity contribution in [3.63, 3.8) is 0 Å². The molecule has 2 aromatic rings. The van der Waals surface area contributed by atoms with Gasteiger partial charge in [-0.15, -0.1) is 0 Å². The topological polar surface area (TPSA) is 20.3 Å². The summed E-state index contributed by atoms with van der Waals surface area (Å²) in [6.07, 6.45) is 0.783. The predicted molar refractivity (Wildman–Crippen MR) is 68.2 cm³/mol. The highest BCUT2D eigenvalue weighted by Crippen LogP contribution is 2.28. The van der Waals surface area contributed by atoms with Crippen molar-refractivity contribution >= 4 is 11.6 Å². The molecule has 1 aliphatic heterocycles. The second-order valence-corrected chi connectivity index (χ2v) is 4.46. The van der Waals surface area contributed by atoms with Crippen molar-refractivity contribution in [3.05, 3.63) is 65.2 Å². The average Bonchev–Trinajstić information content (AvgIpc) is 2.85. The molecule has 0 spiro atoms. The van der Waals surface area contributed by atoms with Crippen LogP contribution in [0.4, 0.5) is 14.5 Å². The van der Waals surface area contributed by atoms with Crippen LogP contribution in [-0.2, 0) is 6.42 Å². The van der Waals surface area contributed by atoms with Crippen LogP contribution in [0.1, 0.15) is 15.9 Å². The van der Waals surface area contributed by atoms with E-state index in [2.05, 4.69) is 0 Å². The largest absolute Gasteiger partial charge is 0.308 e. The van der Waals surface area contributed by atoms with Crippen LogP contribution >= 0.6 is 0 Å². The van der Waals surface area contributed by atoms with E-state index >= 15 is 0 Å². The molecule has 0 saturated carbocycles. The van der Waals surface area contributed by atoms with E-state index in [4.69, 9.17) is 0 Å². The van der Waals surface area contributed by atoms with Crippen molar-refractivity contribution in [3.8, 4) is 0 Å². The van der Waals surface area contributed by atoms with Gasteiger partial charge in [0, 0.05) is 17.8 Å². The quantitative estimate of drug-likeness (QED) is 0.770. The van der Waals surface area contributed by atoms with E-state index in [0.29, 0.717) is 6.54 Å². The smallest absolute Gasteiger partial charge is 0.258 e. The molecule has 0 N–H and O–H groups in total. The first kappa shape index (κ1) is 11.8. The third kappa shape index (κ3) is 1.99. The zero-order valence-corrected chi connectivity index (χ0v) is 10.1. The highest BCUT2D eigenvalue weighted by Gasteiger charge is 2.25. The number of anilines is 1.